The molecule has 2 nitrogen and oxygen atoms in total. The average Bonchev–Trinajstić information content (AvgIpc) is 2.24. The first kappa shape index (κ1) is 16.3. The Morgan fingerprint density at radius 2 is 1.71 bits per heavy atom. The Balaban J connectivity index is 0.00000256. The fourth-order valence-corrected chi connectivity index (χ4v) is 1.52. The number of hydrogen-bond acceptors (Lipinski definition) is 2. The van der Waals surface area contributed by atoms with Gasteiger partial charge in [0.25, 0.3) is 0 Å². The van der Waals surface area contributed by atoms with Crippen LogP contribution < -0.4 is 10.2 Å². The summed E-state index contributed by atoms with van der Waals surface area (Å²) in [5.74, 6) is 0. The summed E-state index contributed by atoms with van der Waals surface area (Å²) in [6.45, 7) is 9.89. The molecule has 0 aliphatic rings. The van der Waals surface area contributed by atoms with E-state index in [1.807, 2.05) is 0 Å². The van der Waals surface area contributed by atoms with Crippen LogP contribution >= 0.6 is 12.4 Å². The number of benzene rings is 1. The molecule has 3 heteroatoms. The van der Waals surface area contributed by atoms with Crippen molar-refractivity contribution in [3.63, 3.8) is 0 Å². The van der Waals surface area contributed by atoms with Crippen molar-refractivity contribution in [1.29, 1.82) is 0 Å². The number of hydrogen-bond donors (Lipinski definition) is 1. The number of likely N-dealkylation sites (N-methyl/N-ethyl adjacent to an activating group) is 1. The smallest absolute Gasteiger partial charge is 0.0364 e. The fourth-order valence-electron chi connectivity index (χ4n) is 1.52. The maximum absolute atomic E-state index is 3.48. The van der Waals surface area contributed by atoms with E-state index in [1.165, 1.54) is 5.69 Å². The van der Waals surface area contributed by atoms with Crippen molar-refractivity contribution < 1.29 is 0 Å². The second kappa shape index (κ2) is 7.57. The molecule has 0 spiro atoms. The predicted octanol–water partition coefficient (Wildman–Crippen LogP) is 3.18. The SMILES string of the molecule is CN(CCNCC(C)(C)C)c1ccccc1.Cl. The number of anilines is 1. The van der Waals surface area contributed by atoms with Gasteiger partial charge in [-0.3, -0.25) is 0 Å². The Kier molecular flexibility index (Phi) is 7.24. The van der Waals surface area contributed by atoms with Gasteiger partial charge in [0.15, 0.2) is 0 Å². The summed E-state index contributed by atoms with van der Waals surface area (Å²) in [6, 6.07) is 10.5. The monoisotopic (exact) mass is 256 g/mol. The first-order valence-electron chi connectivity index (χ1n) is 5.96. The maximum Gasteiger partial charge on any atom is 0.0364 e. The van der Waals surface area contributed by atoms with Crippen LogP contribution in [0.1, 0.15) is 20.8 Å². The van der Waals surface area contributed by atoms with Crippen molar-refractivity contribution in [3.8, 4) is 0 Å². The van der Waals surface area contributed by atoms with Crippen LogP contribution in [0, 0.1) is 5.41 Å². The zero-order chi connectivity index (χ0) is 12.0. The first-order chi connectivity index (χ1) is 7.49. The average molecular weight is 257 g/mol. The number of para-hydroxylation sites is 1. The third kappa shape index (κ3) is 7.24. The molecule has 0 saturated heterocycles. The molecule has 0 aliphatic heterocycles. The number of nitrogens with zero attached hydrogens (tertiary/aromatic N) is 1. The minimum absolute atomic E-state index is 0. The van der Waals surface area contributed by atoms with Gasteiger partial charge in [0.05, 0.1) is 0 Å². The lowest BCUT2D eigenvalue weighted by Gasteiger charge is -2.22. The Labute approximate surface area is 112 Å². The van der Waals surface area contributed by atoms with Gasteiger partial charge < -0.3 is 10.2 Å². The van der Waals surface area contributed by atoms with E-state index < -0.39 is 0 Å². The van der Waals surface area contributed by atoms with Gasteiger partial charge in [0.2, 0.25) is 0 Å². The standard InChI is InChI=1S/C14H24N2.ClH/c1-14(2,3)12-15-10-11-16(4)13-8-6-5-7-9-13;/h5-9,15H,10-12H2,1-4H3;1H. The Bertz CT molecular complexity index is 293. The number of halogens is 1. The lowest BCUT2D eigenvalue weighted by atomic mass is 9.97. The van der Waals surface area contributed by atoms with Crippen LogP contribution in [0.25, 0.3) is 0 Å². The van der Waals surface area contributed by atoms with Crippen LogP contribution in [0.4, 0.5) is 5.69 Å². The van der Waals surface area contributed by atoms with Gasteiger partial charge in [-0.25, -0.2) is 0 Å². The molecule has 98 valence electrons. The van der Waals surface area contributed by atoms with Crippen molar-refractivity contribution in [2.24, 2.45) is 5.41 Å². The highest BCUT2D eigenvalue weighted by atomic mass is 35.5. The molecule has 0 bridgehead atoms. The fraction of sp³-hybridized carbons (Fsp3) is 0.571. The van der Waals surface area contributed by atoms with E-state index in [2.05, 4.69) is 68.4 Å². The summed E-state index contributed by atoms with van der Waals surface area (Å²) in [4.78, 5) is 2.27. The summed E-state index contributed by atoms with van der Waals surface area (Å²) in [7, 11) is 2.13. The molecule has 0 aliphatic carbocycles. The molecular weight excluding hydrogens is 232 g/mol. The van der Waals surface area contributed by atoms with E-state index in [1.54, 1.807) is 0 Å². The molecule has 0 saturated carbocycles. The molecule has 1 N–H and O–H groups in total. The van der Waals surface area contributed by atoms with E-state index in [0.717, 1.165) is 19.6 Å². The molecule has 0 unspecified atom stereocenters. The van der Waals surface area contributed by atoms with Gasteiger partial charge in [-0.2, -0.15) is 0 Å². The lowest BCUT2D eigenvalue weighted by Crippen LogP contribution is -2.33. The van der Waals surface area contributed by atoms with E-state index in [-0.39, 0.29) is 12.4 Å². The van der Waals surface area contributed by atoms with Crippen LogP contribution in [0.3, 0.4) is 0 Å². The Morgan fingerprint density at radius 3 is 2.24 bits per heavy atom. The van der Waals surface area contributed by atoms with Crippen molar-refractivity contribution in [2.75, 3.05) is 31.6 Å². The first-order valence-corrected chi connectivity index (χ1v) is 5.96. The highest BCUT2D eigenvalue weighted by molar-refractivity contribution is 5.85. The summed E-state index contributed by atoms with van der Waals surface area (Å²) in [5.41, 5.74) is 1.64. The van der Waals surface area contributed by atoms with Crippen LogP contribution in [0.15, 0.2) is 30.3 Å². The normalized spacial score (nSPS) is 10.8. The van der Waals surface area contributed by atoms with Crippen LogP contribution in [0.5, 0.6) is 0 Å². The minimum atomic E-state index is 0. The summed E-state index contributed by atoms with van der Waals surface area (Å²) in [5, 5.41) is 3.48. The van der Waals surface area contributed by atoms with Gasteiger partial charge in [0.1, 0.15) is 0 Å². The molecule has 0 amide bonds. The number of rotatable bonds is 5. The van der Waals surface area contributed by atoms with Crippen molar-refractivity contribution in [3.05, 3.63) is 30.3 Å². The summed E-state index contributed by atoms with van der Waals surface area (Å²) >= 11 is 0. The zero-order valence-electron chi connectivity index (χ0n) is 11.4. The highest BCUT2D eigenvalue weighted by Gasteiger charge is 2.08. The van der Waals surface area contributed by atoms with Crippen LogP contribution in [0.2, 0.25) is 0 Å². The molecule has 1 aromatic rings. The highest BCUT2D eigenvalue weighted by Crippen LogP contribution is 2.11. The second-order valence-corrected chi connectivity index (χ2v) is 5.49. The maximum atomic E-state index is 3.48. The van der Waals surface area contributed by atoms with Crippen molar-refractivity contribution in [1.82, 2.24) is 5.32 Å². The van der Waals surface area contributed by atoms with Gasteiger partial charge in [-0.05, 0) is 17.5 Å². The molecule has 1 aromatic carbocycles. The van der Waals surface area contributed by atoms with Gasteiger partial charge in [-0.1, -0.05) is 39.0 Å². The summed E-state index contributed by atoms with van der Waals surface area (Å²) < 4.78 is 0. The van der Waals surface area contributed by atoms with Gasteiger partial charge >= 0.3 is 0 Å². The Morgan fingerprint density at radius 1 is 1.12 bits per heavy atom. The molecule has 0 aromatic heterocycles. The summed E-state index contributed by atoms with van der Waals surface area (Å²) in [6.07, 6.45) is 0. The predicted molar refractivity (Wildman–Crippen MR) is 79.3 cm³/mol. The number of nitrogens with one attached hydrogen (secondary N) is 1. The van der Waals surface area contributed by atoms with E-state index >= 15 is 0 Å². The van der Waals surface area contributed by atoms with Crippen molar-refractivity contribution >= 4 is 18.1 Å². The second-order valence-electron chi connectivity index (χ2n) is 5.49. The third-order valence-corrected chi connectivity index (χ3v) is 2.48. The lowest BCUT2D eigenvalue weighted by molar-refractivity contribution is 0.382. The topological polar surface area (TPSA) is 15.3 Å². The molecule has 0 radical (unpaired) electrons. The van der Waals surface area contributed by atoms with Crippen molar-refractivity contribution in [2.45, 2.75) is 20.8 Å². The van der Waals surface area contributed by atoms with E-state index in [0.29, 0.717) is 5.41 Å². The van der Waals surface area contributed by atoms with Crippen LogP contribution in [-0.4, -0.2) is 26.7 Å². The zero-order valence-corrected chi connectivity index (χ0v) is 12.2. The molecular formula is C14H25ClN2. The molecule has 1 rings (SSSR count). The molecule has 0 heterocycles. The Hall–Kier alpha value is -0.730. The molecule has 0 atom stereocenters. The molecule has 17 heavy (non-hydrogen) atoms. The van der Waals surface area contributed by atoms with E-state index in [9.17, 15) is 0 Å². The van der Waals surface area contributed by atoms with Gasteiger partial charge in [-0.15, -0.1) is 12.4 Å². The van der Waals surface area contributed by atoms with E-state index in [4.69, 9.17) is 0 Å². The largest absolute Gasteiger partial charge is 0.373 e. The third-order valence-electron chi connectivity index (χ3n) is 2.48. The van der Waals surface area contributed by atoms with Gasteiger partial charge in [0, 0.05) is 32.4 Å². The quantitative estimate of drug-likeness (QED) is 0.814. The van der Waals surface area contributed by atoms with Crippen LogP contribution in [-0.2, 0) is 0 Å². The molecule has 0 fully saturated rings. The minimum Gasteiger partial charge on any atom is -0.373 e.